The normalized spacial score (nSPS) is 15.8. The largest absolute Gasteiger partial charge is 0.480 e. The highest BCUT2D eigenvalue weighted by molar-refractivity contribution is 7.92. The highest BCUT2D eigenvalue weighted by Crippen LogP contribution is 2.45. The zero-order chi connectivity index (χ0) is 30.4. The fourth-order valence-corrected chi connectivity index (χ4v) is 5.26. The molecule has 0 radical (unpaired) electrons. The second kappa shape index (κ2) is 10.9. The number of anilines is 1. The maximum atomic E-state index is 14.1. The summed E-state index contributed by atoms with van der Waals surface area (Å²) in [5.41, 5.74) is 0.298. The van der Waals surface area contributed by atoms with Crippen LogP contribution in [0.3, 0.4) is 0 Å². The Kier molecular flexibility index (Phi) is 7.59. The molecule has 16 heteroatoms. The van der Waals surface area contributed by atoms with Crippen molar-refractivity contribution in [1.29, 1.82) is 4.78 Å². The van der Waals surface area contributed by atoms with Crippen molar-refractivity contribution in [2.45, 2.75) is 63.2 Å². The van der Waals surface area contributed by atoms with Gasteiger partial charge in [-0.3, -0.25) is 14.3 Å². The van der Waals surface area contributed by atoms with Crippen molar-refractivity contribution in [3.63, 3.8) is 0 Å². The minimum Gasteiger partial charge on any atom is -0.480 e. The lowest BCUT2D eigenvalue weighted by Crippen LogP contribution is -2.35. The van der Waals surface area contributed by atoms with Gasteiger partial charge in [-0.05, 0) is 38.8 Å². The van der Waals surface area contributed by atoms with Crippen LogP contribution in [0, 0.1) is 11.7 Å². The molecule has 1 aliphatic rings. The molecule has 0 aliphatic heterocycles. The molecule has 42 heavy (non-hydrogen) atoms. The molecule has 1 fully saturated rings. The van der Waals surface area contributed by atoms with Gasteiger partial charge < -0.3 is 10.1 Å². The van der Waals surface area contributed by atoms with E-state index in [1.807, 2.05) is 0 Å². The topological polar surface area (TPSA) is 162 Å². The highest BCUT2D eigenvalue weighted by Gasteiger charge is 2.40. The number of hydrogen-bond acceptors (Lipinski definition) is 11. The van der Waals surface area contributed by atoms with Gasteiger partial charge in [-0.15, -0.1) is 0 Å². The number of rotatable bonds is 9. The first kappa shape index (κ1) is 29.3. The Bertz CT molecular complexity index is 1820. The number of alkyl halides is 3. The molecule has 12 nitrogen and oxygen atoms in total. The van der Waals surface area contributed by atoms with E-state index in [1.165, 1.54) is 31.8 Å². The molecule has 4 aromatic heterocycles. The SMILES string of the molecule is CCS(=N)(=O)c1ccc(CNc2nc3c(C)nc(-c4c(OC)ncnc4C4CC4)nc3n([C@@H](C)C(F)(F)F)c2=O)nc1. The van der Waals surface area contributed by atoms with Gasteiger partial charge in [0, 0.05) is 17.9 Å². The average molecular weight is 604 g/mol. The van der Waals surface area contributed by atoms with E-state index in [-0.39, 0.29) is 57.5 Å². The predicted molar refractivity (Wildman–Crippen MR) is 148 cm³/mol. The van der Waals surface area contributed by atoms with Gasteiger partial charge in [0.25, 0.3) is 5.56 Å². The third-order valence-electron chi connectivity index (χ3n) is 7.02. The van der Waals surface area contributed by atoms with E-state index < -0.39 is 27.5 Å². The Morgan fingerprint density at radius 1 is 1.19 bits per heavy atom. The molecule has 0 amide bonds. The molecule has 0 spiro atoms. The van der Waals surface area contributed by atoms with Crippen LogP contribution >= 0.6 is 0 Å². The predicted octanol–water partition coefficient (Wildman–Crippen LogP) is 4.39. The summed E-state index contributed by atoms with van der Waals surface area (Å²) in [6.07, 6.45) is -0.358. The fraction of sp³-hybridized carbons (Fsp3) is 0.423. The monoisotopic (exact) mass is 603 g/mol. The number of hydrogen-bond donors (Lipinski definition) is 2. The number of fused-ring (bicyclic) bond motifs is 1. The van der Waals surface area contributed by atoms with E-state index in [2.05, 4.69) is 35.2 Å². The molecule has 222 valence electrons. The minimum absolute atomic E-state index is 0.000866. The number of pyridine rings is 1. The number of ether oxygens (including phenoxy) is 1. The summed E-state index contributed by atoms with van der Waals surface area (Å²) in [5, 5.41) is 2.78. The van der Waals surface area contributed by atoms with E-state index in [0.29, 0.717) is 21.5 Å². The molecule has 0 aromatic carbocycles. The Morgan fingerprint density at radius 2 is 1.93 bits per heavy atom. The van der Waals surface area contributed by atoms with Gasteiger partial charge in [0.1, 0.15) is 23.4 Å². The van der Waals surface area contributed by atoms with Crippen molar-refractivity contribution < 1.29 is 22.1 Å². The van der Waals surface area contributed by atoms with Crippen LogP contribution in [0.5, 0.6) is 5.88 Å². The lowest BCUT2D eigenvalue weighted by molar-refractivity contribution is -0.162. The van der Waals surface area contributed by atoms with Crippen molar-refractivity contribution in [1.82, 2.24) is 34.5 Å². The summed E-state index contributed by atoms with van der Waals surface area (Å²) in [4.78, 5) is 39.7. The number of methoxy groups -OCH3 is 1. The molecule has 4 aromatic rings. The molecule has 2 N–H and O–H groups in total. The van der Waals surface area contributed by atoms with Crippen molar-refractivity contribution in [3.8, 4) is 17.3 Å². The molecule has 5 rings (SSSR count). The Morgan fingerprint density at radius 3 is 2.52 bits per heavy atom. The molecule has 0 saturated heterocycles. The second-order valence-corrected chi connectivity index (χ2v) is 12.3. The Hall–Kier alpha value is -4.21. The molecule has 4 heterocycles. The van der Waals surface area contributed by atoms with E-state index in [9.17, 15) is 22.2 Å². The fourth-order valence-electron chi connectivity index (χ4n) is 4.42. The molecular weight excluding hydrogens is 575 g/mol. The Balaban J connectivity index is 1.63. The van der Waals surface area contributed by atoms with Gasteiger partial charge in [0.05, 0.1) is 45.4 Å². The first-order valence-electron chi connectivity index (χ1n) is 13.1. The van der Waals surface area contributed by atoms with Gasteiger partial charge in [-0.2, -0.15) is 13.2 Å². The summed E-state index contributed by atoms with van der Waals surface area (Å²) in [6.45, 7) is 4.00. The van der Waals surface area contributed by atoms with Crippen LogP contribution in [0.1, 0.15) is 55.7 Å². The summed E-state index contributed by atoms with van der Waals surface area (Å²) in [7, 11) is -1.55. The van der Waals surface area contributed by atoms with Crippen molar-refractivity contribution in [3.05, 3.63) is 52.1 Å². The van der Waals surface area contributed by atoms with Crippen LogP contribution in [0.25, 0.3) is 22.6 Å². The molecule has 2 atom stereocenters. The molecule has 1 saturated carbocycles. The zero-order valence-electron chi connectivity index (χ0n) is 23.2. The summed E-state index contributed by atoms with van der Waals surface area (Å²) < 4.78 is 68.4. The summed E-state index contributed by atoms with van der Waals surface area (Å²) >= 11 is 0. The maximum absolute atomic E-state index is 14.1. The number of nitrogens with zero attached hydrogens (tertiary/aromatic N) is 7. The van der Waals surface area contributed by atoms with Crippen LogP contribution in [0.2, 0.25) is 0 Å². The van der Waals surface area contributed by atoms with Crippen molar-refractivity contribution in [2.75, 3.05) is 18.2 Å². The number of aryl methyl sites for hydroxylation is 1. The van der Waals surface area contributed by atoms with Gasteiger partial charge in [0.15, 0.2) is 17.3 Å². The molecular formula is C26H28F3N9O3S. The molecule has 1 aliphatic carbocycles. The summed E-state index contributed by atoms with van der Waals surface area (Å²) in [6, 6.07) is 0.779. The minimum atomic E-state index is -4.78. The third kappa shape index (κ3) is 5.49. The van der Waals surface area contributed by atoms with Crippen molar-refractivity contribution in [2.24, 2.45) is 0 Å². The number of nitrogens with one attached hydrogen (secondary N) is 2. The van der Waals surface area contributed by atoms with Crippen LogP contribution in [0.4, 0.5) is 19.0 Å². The standard InChI is InChI=1S/C26H28F3N9O3S/c1-5-42(30,40)17-9-8-16(31-11-17)10-32-22-25(39)38(14(3)26(27,28)29)23-19(36-22)13(2)35-21(37-23)18-20(15-6-7-15)33-12-34-24(18)41-4/h8-9,11-12,14-15,30H,5-7,10H2,1-4H3,(H,32,36)/t14-,42?/m0/s1. The van der Waals surface area contributed by atoms with Crippen molar-refractivity contribution >= 4 is 26.7 Å². The van der Waals surface area contributed by atoms with E-state index >= 15 is 0 Å². The Labute approximate surface area is 238 Å². The van der Waals surface area contributed by atoms with E-state index in [1.54, 1.807) is 13.8 Å². The smallest absolute Gasteiger partial charge is 0.409 e. The number of aromatic nitrogens is 7. The van der Waals surface area contributed by atoms with Crippen LogP contribution in [-0.2, 0) is 16.3 Å². The van der Waals surface area contributed by atoms with Crippen LogP contribution in [-0.4, -0.2) is 57.7 Å². The second-order valence-electron chi connectivity index (χ2n) is 9.88. The van der Waals surface area contributed by atoms with Crippen LogP contribution in [0.15, 0.2) is 34.3 Å². The lowest BCUT2D eigenvalue weighted by atomic mass is 10.1. The van der Waals surface area contributed by atoms with Gasteiger partial charge in [-0.1, -0.05) is 6.92 Å². The van der Waals surface area contributed by atoms with Gasteiger partial charge in [0.2, 0.25) is 5.88 Å². The highest BCUT2D eigenvalue weighted by atomic mass is 32.2. The first-order valence-corrected chi connectivity index (χ1v) is 14.8. The summed E-state index contributed by atoms with van der Waals surface area (Å²) in [5.74, 6) is 0.107. The van der Waals surface area contributed by atoms with E-state index in [0.717, 1.165) is 19.8 Å². The maximum Gasteiger partial charge on any atom is 0.409 e. The lowest BCUT2D eigenvalue weighted by Gasteiger charge is -2.22. The zero-order valence-corrected chi connectivity index (χ0v) is 24.0. The first-order chi connectivity index (χ1) is 19.9. The average Bonchev–Trinajstić information content (AvgIpc) is 3.81. The van der Waals surface area contributed by atoms with Gasteiger partial charge in [-0.25, -0.2) is 33.9 Å². The third-order valence-corrected chi connectivity index (χ3v) is 8.83. The molecule has 0 bridgehead atoms. The van der Waals surface area contributed by atoms with E-state index in [4.69, 9.17) is 9.52 Å². The quantitative estimate of drug-likeness (QED) is 0.281. The number of halogens is 3. The van der Waals surface area contributed by atoms with Gasteiger partial charge >= 0.3 is 6.18 Å². The molecule has 1 unspecified atom stereocenters. The van der Waals surface area contributed by atoms with Crippen LogP contribution < -0.4 is 15.6 Å².